The molecule has 1 saturated carbocycles. The van der Waals surface area contributed by atoms with E-state index in [4.69, 9.17) is 0 Å². The average molecular weight is 394 g/mol. The average Bonchev–Trinajstić information content (AvgIpc) is 3.05. The first-order valence-electron chi connectivity index (χ1n) is 11.0. The highest BCUT2D eigenvalue weighted by atomic mass is 16.2. The van der Waals surface area contributed by atoms with Gasteiger partial charge in [0.15, 0.2) is 5.82 Å². The lowest BCUT2D eigenvalue weighted by atomic mass is 9.96. The first-order chi connectivity index (χ1) is 14.3. The van der Waals surface area contributed by atoms with Gasteiger partial charge in [0, 0.05) is 30.4 Å². The Balaban J connectivity index is 1.34. The second-order valence-corrected chi connectivity index (χ2v) is 8.19. The highest BCUT2D eigenvalue weighted by Gasteiger charge is 2.16. The van der Waals surface area contributed by atoms with E-state index in [0.717, 1.165) is 48.7 Å². The van der Waals surface area contributed by atoms with Crippen molar-refractivity contribution >= 4 is 17.5 Å². The minimum atomic E-state index is -0.119. The van der Waals surface area contributed by atoms with E-state index < -0.39 is 0 Å². The third-order valence-corrected chi connectivity index (χ3v) is 5.96. The summed E-state index contributed by atoms with van der Waals surface area (Å²) in [5.41, 5.74) is 2.64. The molecule has 2 heterocycles. The summed E-state index contributed by atoms with van der Waals surface area (Å²) in [5.74, 6) is 0.966. The summed E-state index contributed by atoms with van der Waals surface area (Å²) in [6, 6.07) is 12.1. The standard InChI is InChI=1S/C23H31N5O/c29-23(24-19-8-4-3-5-9-19)25-20-12-10-18(11-13-20)21-14-15-22(27-26-21)28-16-6-1-2-7-17-28/h10-15,19H,1-9,16-17H2,(H2,24,25,29). The quantitative estimate of drug-likeness (QED) is 0.769. The van der Waals surface area contributed by atoms with Gasteiger partial charge >= 0.3 is 6.03 Å². The Bertz CT molecular complexity index is 776. The van der Waals surface area contributed by atoms with Gasteiger partial charge in [-0.3, -0.25) is 0 Å². The van der Waals surface area contributed by atoms with E-state index in [1.807, 2.05) is 30.3 Å². The zero-order valence-corrected chi connectivity index (χ0v) is 17.1. The van der Waals surface area contributed by atoms with Crippen LogP contribution in [-0.2, 0) is 0 Å². The molecule has 1 saturated heterocycles. The van der Waals surface area contributed by atoms with Crippen LogP contribution in [0, 0.1) is 0 Å². The maximum absolute atomic E-state index is 12.2. The van der Waals surface area contributed by atoms with Gasteiger partial charge in [-0.15, -0.1) is 10.2 Å². The van der Waals surface area contributed by atoms with Crippen molar-refractivity contribution < 1.29 is 4.79 Å². The second kappa shape index (κ2) is 9.72. The van der Waals surface area contributed by atoms with E-state index in [1.54, 1.807) is 0 Å². The van der Waals surface area contributed by atoms with E-state index in [1.165, 1.54) is 44.9 Å². The molecule has 2 aliphatic rings. The summed E-state index contributed by atoms with van der Waals surface area (Å²) in [5, 5.41) is 14.9. The fourth-order valence-corrected chi connectivity index (χ4v) is 4.27. The molecule has 0 spiro atoms. The molecule has 6 nitrogen and oxygen atoms in total. The normalized spacial score (nSPS) is 18.1. The number of anilines is 2. The maximum Gasteiger partial charge on any atom is 0.319 e. The zero-order chi connectivity index (χ0) is 19.9. The molecule has 29 heavy (non-hydrogen) atoms. The van der Waals surface area contributed by atoms with Crippen molar-refractivity contribution in [1.82, 2.24) is 15.5 Å². The molecule has 0 unspecified atom stereocenters. The molecule has 1 aromatic heterocycles. The maximum atomic E-state index is 12.2. The molecule has 0 radical (unpaired) electrons. The van der Waals surface area contributed by atoms with Crippen LogP contribution >= 0.6 is 0 Å². The molecule has 154 valence electrons. The Morgan fingerprint density at radius 1 is 0.828 bits per heavy atom. The van der Waals surface area contributed by atoms with Gasteiger partial charge in [-0.1, -0.05) is 44.2 Å². The van der Waals surface area contributed by atoms with Crippen LogP contribution in [0.5, 0.6) is 0 Å². The molecule has 1 aliphatic heterocycles. The Labute approximate surface area is 173 Å². The predicted molar refractivity (Wildman–Crippen MR) is 117 cm³/mol. The van der Waals surface area contributed by atoms with Gasteiger partial charge in [0.1, 0.15) is 0 Å². The highest BCUT2D eigenvalue weighted by molar-refractivity contribution is 5.89. The molecule has 0 atom stereocenters. The summed E-state index contributed by atoms with van der Waals surface area (Å²) in [4.78, 5) is 14.5. The summed E-state index contributed by atoms with van der Waals surface area (Å²) in [6.45, 7) is 2.13. The first-order valence-corrected chi connectivity index (χ1v) is 11.0. The van der Waals surface area contributed by atoms with Crippen LogP contribution in [0.1, 0.15) is 57.8 Å². The van der Waals surface area contributed by atoms with Crippen LogP contribution < -0.4 is 15.5 Å². The third-order valence-electron chi connectivity index (χ3n) is 5.96. The number of nitrogens with one attached hydrogen (secondary N) is 2. The number of hydrogen-bond donors (Lipinski definition) is 2. The lowest BCUT2D eigenvalue weighted by Gasteiger charge is -2.22. The van der Waals surface area contributed by atoms with Crippen molar-refractivity contribution in [3.05, 3.63) is 36.4 Å². The smallest absolute Gasteiger partial charge is 0.319 e. The summed E-state index contributed by atoms with van der Waals surface area (Å²) >= 11 is 0. The van der Waals surface area contributed by atoms with Crippen LogP contribution in [0.4, 0.5) is 16.3 Å². The first kappa shape index (κ1) is 19.7. The molecular formula is C23H31N5O. The lowest BCUT2D eigenvalue weighted by Crippen LogP contribution is -2.38. The van der Waals surface area contributed by atoms with Crippen molar-refractivity contribution in [2.24, 2.45) is 0 Å². The lowest BCUT2D eigenvalue weighted by molar-refractivity contribution is 0.244. The predicted octanol–water partition coefficient (Wildman–Crippen LogP) is 4.98. The van der Waals surface area contributed by atoms with Crippen LogP contribution in [0.3, 0.4) is 0 Å². The van der Waals surface area contributed by atoms with E-state index in [0.29, 0.717) is 6.04 Å². The molecule has 2 aromatic rings. The molecule has 2 amide bonds. The number of rotatable bonds is 4. The molecule has 2 fully saturated rings. The summed E-state index contributed by atoms with van der Waals surface area (Å²) in [7, 11) is 0. The van der Waals surface area contributed by atoms with Gasteiger partial charge in [-0.2, -0.15) is 0 Å². The number of carbonyl (C=O) groups is 1. The van der Waals surface area contributed by atoms with Crippen molar-refractivity contribution in [1.29, 1.82) is 0 Å². The van der Waals surface area contributed by atoms with Crippen LogP contribution in [0.25, 0.3) is 11.3 Å². The van der Waals surface area contributed by atoms with E-state index in [2.05, 4.69) is 31.8 Å². The number of hydrogen-bond acceptors (Lipinski definition) is 4. The van der Waals surface area contributed by atoms with Crippen LogP contribution in [0.15, 0.2) is 36.4 Å². The van der Waals surface area contributed by atoms with Crippen LogP contribution in [-0.4, -0.2) is 35.4 Å². The Morgan fingerprint density at radius 3 is 2.17 bits per heavy atom. The van der Waals surface area contributed by atoms with Gasteiger partial charge in [0.25, 0.3) is 0 Å². The second-order valence-electron chi connectivity index (χ2n) is 8.19. The highest BCUT2D eigenvalue weighted by Crippen LogP contribution is 2.22. The Hall–Kier alpha value is -2.63. The largest absolute Gasteiger partial charge is 0.355 e. The van der Waals surface area contributed by atoms with Gasteiger partial charge in [0.05, 0.1) is 5.69 Å². The third kappa shape index (κ3) is 5.46. The Kier molecular flexibility index (Phi) is 6.60. The number of urea groups is 1. The molecule has 4 rings (SSSR count). The fraction of sp³-hybridized carbons (Fsp3) is 0.522. The summed E-state index contributed by atoms with van der Waals surface area (Å²) in [6.07, 6.45) is 10.9. The number of benzene rings is 1. The van der Waals surface area contributed by atoms with Gasteiger partial charge in [-0.05, 0) is 49.9 Å². The zero-order valence-electron chi connectivity index (χ0n) is 17.1. The molecule has 0 bridgehead atoms. The monoisotopic (exact) mass is 393 g/mol. The molecular weight excluding hydrogens is 362 g/mol. The minimum absolute atomic E-state index is 0.119. The fourth-order valence-electron chi connectivity index (χ4n) is 4.27. The van der Waals surface area contributed by atoms with Gasteiger partial charge in [0.2, 0.25) is 0 Å². The Morgan fingerprint density at radius 2 is 1.52 bits per heavy atom. The van der Waals surface area contributed by atoms with E-state index in [-0.39, 0.29) is 6.03 Å². The van der Waals surface area contributed by atoms with Crippen molar-refractivity contribution in [3.63, 3.8) is 0 Å². The molecule has 1 aromatic carbocycles. The minimum Gasteiger partial charge on any atom is -0.355 e. The number of carbonyl (C=O) groups excluding carboxylic acids is 1. The van der Waals surface area contributed by atoms with Crippen molar-refractivity contribution in [2.45, 2.75) is 63.8 Å². The van der Waals surface area contributed by atoms with Gasteiger partial charge in [-0.25, -0.2) is 4.79 Å². The van der Waals surface area contributed by atoms with E-state index >= 15 is 0 Å². The summed E-state index contributed by atoms with van der Waals surface area (Å²) < 4.78 is 0. The van der Waals surface area contributed by atoms with Crippen molar-refractivity contribution in [3.8, 4) is 11.3 Å². The number of amides is 2. The van der Waals surface area contributed by atoms with Crippen LogP contribution in [0.2, 0.25) is 0 Å². The van der Waals surface area contributed by atoms with Crippen molar-refractivity contribution in [2.75, 3.05) is 23.3 Å². The topological polar surface area (TPSA) is 70.2 Å². The molecule has 6 heteroatoms. The van der Waals surface area contributed by atoms with E-state index in [9.17, 15) is 4.79 Å². The SMILES string of the molecule is O=C(Nc1ccc(-c2ccc(N3CCCCCC3)nn2)cc1)NC1CCCCC1. The molecule has 2 N–H and O–H groups in total. The van der Waals surface area contributed by atoms with Gasteiger partial charge < -0.3 is 15.5 Å². The number of nitrogens with zero attached hydrogens (tertiary/aromatic N) is 3. The number of aromatic nitrogens is 2. The molecule has 1 aliphatic carbocycles.